The predicted octanol–water partition coefficient (Wildman–Crippen LogP) is 2.08. The number of fused-ring (bicyclic) bond motifs is 1. The van der Waals surface area contributed by atoms with E-state index in [1.165, 1.54) is 11.8 Å². The van der Waals surface area contributed by atoms with Crippen LogP contribution >= 0.6 is 11.8 Å². The standard InChI is InChI=1S/C13H13N3OS/c14-11(17)7-18-13-9-3-1-2-4-10(9)15-12(16-13)8-5-6-8/h1-4,8H,5-7H2,(H2,14,17). The first-order valence-electron chi connectivity index (χ1n) is 5.92. The molecule has 18 heavy (non-hydrogen) atoms. The molecular formula is C13H13N3OS. The molecule has 1 aliphatic carbocycles. The molecule has 0 bridgehead atoms. The topological polar surface area (TPSA) is 68.9 Å². The highest BCUT2D eigenvalue weighted by molar-refractivity contribution is 8.00. The highest BCUT2D eigenvalue weighted by Gasteiger charge is 2.27. The van der Waals surface area contributed by atoms with Crippen molar-refractivity contribution in [3.63, 3.8) is 0 Å². The number of hydrogen-bond acceptors (Lipinski definition) is 4. The number of nitrogens with two attached hydrogens (primary N) is 1. The van der Waals surface area contributed by atoms with Crippen LogP contribution in [0.15, 0.2) is 29.3 Å². The van der Waals surface area contributed by atoms with E-state index in [0.29, 0.717) is 5.92 Å². The van der Waals surface area contributed by atoms with Crippen molar-refractivity contribution in [2.45, 2.75) is 23.8 Å². The lowest BCUT2D eigenvalue weighted by atomic mass is 10.2. The Labute approximate surface area is 109 Å². The third kappa shape index (κ3) is 2.31. The smallest absolute Gasteiger partial charge is 0.227 e. The summed E-state index contributed by atoms with van der Waals surface area (Å²) in [5.41, 5.74) is 6.14. The van der Waals surface area contributed by atoms with E-state index in [1.54, 1.807) is 0 Å². The number of thioether (sulfide) groups is 1. The van der Waals surface area contributed by atoms with Crippen molar-refractivity contribution in [3.8, 4) is 0 Å². The Morgan fingerprint density at radius 1 is 1.33 bits per heavy atom. The molecule has 1 heterocycles. The van der Waals surface area contributed by atoms with E-state index in [4.69, 9.17) is 5.73 Å². The molecule has 2 N–H and O–H groups in total. The van der Waals surface area contributed by atoms with Crippen LogP contribution in [0.5, 0.6) is 0 Å². The minimum absolute atomic E-state index is 0.255. The first kappa shape index (κ1) is 11.5. The maximum Gasteiger partial charge on any atom is 0.227 e. The molecule has 3 rings (SSSR count). The van der Waals surface area contributed by atoms with Crippen LogP contribution in [0.25, 0.3) is 10.9 Å². The number of carbonyl (C=O) groups is 1. The number of benzene rings is 1. The van der Waals surface area contributed by atoms with Gasteiger partial charge in [0, 0.05) is 11.3 Å². The van der Waals surface area contributed by atoms with Crippen molar-refractivity contribution >= 4 is 28.6 Å². The fourth-order valence-electron chi connectivity index (χ4n) is 1.84. The predicted molar refractivity (Wildman–Crippen MR) is 71.4 cm³/mol. The Balaban J connectivity index is 2.04. The highest BCUT2D eigenvalue weighted by Crippen LogP contribution is 2.39. The van der Waals surface area contributed by atoms with Crippen molar-refractivity contribution in [1.82, 2.24) is 9.97 Å². The first-order valence-corrected chi connectivity index (χ1v) is 6.90. The summed E-state index contributed by atoms with van der Waals surface area (Å²) in [6, 6.07) is 7.89. The van der Waals surface area contributed by atoms with Gasteiger partial charge in [-0.15, -0.1) is 0 Å². The van der Waals surface area contributed by atoms with Crippen LogP contribution in [0.2, 0.25) is 0 Å². The van der Waals surface area contributed by atoms with Gasteiger partial charge in [-0.1, -0.05) is 30.0 Å². The van der Waals surface area contributed by atoms with E-state index in [2.05, 4.69) is 9.97 Å². The molecule has 0 radical (unpaired) electrons. The van der Waals surface area contributed by atoms with Crippen molar-refractivity contribution in [2.24, 2.45) is 5.73 Å². The molecule has 5 heteroatoms. The Bertz CT molecular complexity index is 610. The minimum atomic E-state index is -0.323. The summed E-state index contributed by atoms with van der Waals surface area (Å²) >= 11 is 1.39. The Morgan fingerprint density at radius 2 is 2.11 bits per heavy atom. The maximum absolute atomic E-state index is 10.9. The summed E-state index contributed by atoms with van der Waals surface area (Å²) in [4.78, 5) is 20.1. The maximum atomic E-state index is 10.9. The molecule has 1 aromatic heterocycles. The van der Waals surface area contributed by atoms with Crippen LogP contribution in [0, 0.1) is 0 Å². The van der Waals surface area contributed by atoms with E-state index in [9.17, 15) is 4.79 Å². The molecule has 0 spiro atoms. The highest BCUT2D eigenvalue weighted by atomic mass is 32.2. The number of para-hydroxylation sites is 1. The van der Waals surface area contributed by atoms with Gasteiger partial charge in [0.05, 0.1) is 11.3 Å². The lowest BCUT2D eigenvalue weighted by Gasteiger charge is -2.06. The summed E-state index contributed by atoms with van der Waals surface area (Å²) in [5, 5.41) is 1.86. The zero-order chi connectivity index (χ0) is 12.5. The second-order valence-electron chi connectivity index (χ2n) is 4.43. The second-order valence-corrected chi connectivity index (χ2v) is 5.40. The number of primary amides is 1. The summed E-state index contributed by atoms with van der Waals surface area (Å²) in [6.45, 7) is 0. The molecule has 0 saturated heterocycles. The summed E-state index contributed by atoms with van der Waals surface area (Å²) in [6.07, 6.45) is 2.33. The van der Waals surface area contributed by atoms with Gasteiger partial charge in [0.15, 0.2) is 0 Å². The normalized spacial score (nSPS) is 14.9. The number of rotatable bonds is 4. The van der Waals surface area contributed by atoms with Gasteiger partial charge < -0.3 is 5.73 Å². The van der Waals surface area contributed by atoms with Crippen LogP contribution in [-0.4, -0.2) is 21.6 Å². The van der Waals surface area contributed by atoms with E-state index in [1.807, 2.05) is 24.3 Å². The van der Waals surface area contributed by atoms with E-state index < -0.39 is 0 Å². The van der Waals surface area contributed by atoms with Crippen LogP contribution in [0.4, 0.5) is 0 Å². The molecule has 92 valence electrons. The Kier molecular flexibility index (Phi) is 2.91. The molecule has 4 nitrogen and oxygen atoms in total. The van der Waals surface area contributed by atoms with Crippen molar-refractivity contribution < 1.29 is 4.79 Å². The number of nitrogens with zero attached hydrogens (tertiary/aromatic N) is 2. The molecule has 0 aliphatic heterocycles. The van der Waals surface area contributed by atoms with Crippen LogP contribution in [-0.2, 0) is 4.79 Å². The van der Waals surface area contributed by atoms with Gasteiger partial charge in [0.1, 0.15) is 10.9 Å². The molecular weight excluding hydrogens is 246 g/mol. The molecule has 1 fully saturated rings. The van der Waals surface area contributed by atoms with Gasteiger partial charge in [0.2, 0.25) is 5.91 Å². The molecule has 1 saturated carbocycles. The Hall–Kier alpha value is -1.62. The fraction of sp³-hybridized carbons (Fsp3) is 0.308. The quantitative estimate of drug-likeness (QED) is 0.674. The molecule has 0 atom stereocenters. The third-order valence-corrected chi connectivity index (χ3v) is 3.89. The average Bonchev–Trinajstić information content (AvgIpc) is 3.19. The molecule has 1 aromatic carbocycles. The average molecular weight is 259 g/mol. The molecule has 2 aromatic rings. The largest absolute Gasteiger partial charge is 0.369 e. The van der Waals surface area contributed by atoms with Gasteiger partial charge in [-0.3, -0.25) is 4.79 Å². The van der Waals surface area contributed by atoms with Crippen molar-refractivity contribution in [3.05, 3.63) is 30.1 Å². The Morgan fingerprint density at radius 3 is 2.83 bits per heavy atom. The van der Waals surface area contributed by atoms with Gasteiger partial charge in [-0.05, 0) is 18.9 Å². The number of hydrogen-bond donors (Lipinski definition) is 1. The monoisotopic (exact) mass is 259 g/mol. The van der Waals surface area contributed by atoms with Gasteiger partial charge in [0.25, 0.3) is 0 Å². The van der Waals surface area contributed by atoms with Gasteiger partial charge in [-0.25, -0.2) is 9.97 Å². The lowest BCUT2D eigenvalue weighted by molar-refractivity contribution is -0.115. The van der Waals surface area contributed by atoms with Crippen LogP contribution < -0.4 is 5.73 Å². The third-order valence-electron chi connectivity index (χ3n) is 2.88. The van der Waals surface area contributed by atoms with Crippen LogP contribution in [0.1, 0.15) is 24.6 Å². The van der Waals surface area contributed by atoms with E-state index in [0.717, 1.165) is 34.6 Å². The number of carbonyl (C=O) groups excluding carboxylic acids is 1. The molecule has 1 amide bonds. The zero-order valence-corrected chi connectivity index (χ0v) is 10.6. The lowest BCUT2D eigenvalue weighted by Crippen LogP contribution is -2.13. The van der Waals surface area contributed by atoms with Crippen LogP contribution in [0.3, 0.4) is 0 Å². The summed E-state index contributed by atoms with van der Waals surface area (Å²) in [5.74, 6) is 1.34. The number of amides is 1. The van der Waals surface area contributed by atoms with E-state index in [-0.39, 0.29) is 11.7 Å². The SMILES string of the molecule is NC(=O)CSc1nc(C2CC2)nc2ccccc12. The second kappa shape index (κ2) is 4.57. The molecule has 0 unspecified atom stereocenters. The zero-order valence-electron chi connectivity index (χ0n) is 9.80. The van der Waals surface area contributed by atoms with Crippen molar-refractivity contribution in [2.75, 3.05) is 5.75 Å². The fourth-order valence-corrected chi connectivity index (χ4v) is 2.60. The van der Waals surface area contributed by atoms with Gasteiger partial charge in [-0.2, -0.15) is 0 Å². The van der Waals surface area contributed by atoms with Gasteiger partial charge >= 0.3 is 0 Å². The molecule has 1 aliphatic rings. The number of aromatic nitrogens is 2. The minimum Gasteiger partial charge on any atom is -0.369 e. The van der Waals surface area contributed by atoms with Crippen molar-refractivity contribution in [1.29, 1.82) is 0 Å². The summed E-state index contributed by atoms with van der Waals surface area (Å²) in [7, 11) is 0. The van der Waals surface area contributed by atoms with E-state index >= 15 is 0 Å². The first-order chi connectivity index (χ1) is 8.74. The summed E-state index contributed by atoms with van der Waals surface area (Å²) < 4.78 is 0.